The summed E-state index contributed by atoms with van der Waals surface area (Å²) in [5.74, 6) is 0. The Morgan fingerprint density at radius 3 is 2.86 bits per heavy atom. The van der Waals surface area contributed by atoms with Crippen LogP contribution in [0.2, 0.25) is 0 Å². The van der Waals surface area contributed by atoms with Gasteiger partial charge in [-0.25, -0.2) is 4.79 Å². The molecule has 1 rings (SSSR count). The van der Waals surface area contributed by atoms with E-state index in [1.165, 1.54) is 7.11 Å². The first kappa shape index (κ1) is 11.3. The Bertz CT molecular complexity index is 195. The van der Waals surface area contributed by atoms with E-state index in [1.807, 2.05) is 0 Å². The zero-order valence-electron chi connectivity index (χ0n) is 9.25. The average Bonchev–Trinajstić information content (AvgIpc) is 2.18. The number of likely N-dealkylation sites (tertiary alicyclic amines) is 1. The van der Waals surface area contributed by atoms with Crippen LogP contribution in [0.3, 0.4) is 0 Å². The lowest BCUT2D eigenvalue weighted by Gasteiger charge is -2.35. The number of carbonyl (C=O) groups is 1. The molecule has 0 saturated carbocycles. The monoisotopic (exact) mass is 200 g/mol. The molecule has 1 unspecified atom stereocenters. The van der Waals surface area contributed by atoms with Crippen LogP contribution >= 0.6 is 0 Å². The van der Waals surface area contributed by atoms with Gasteiger partial charge >= 0.3 is 6.09 Å². The van der Waals surface area contributed by atoms with Crippen molar-refractivity contribution in [3.63, 3.8) is 0 Å². The topological polar surface area (TPSA) is 41.6 Å². The van der Waals surface area contributed by atoms with Crippen LogP contribution in [0.1, 0.15) is 26.7 Å². The van der Waals surface area contributed by atoms with E-state index in [-0.39, 0.29) is 12.1 Å². The van der Waals surface area contributed by atoms with Crippen LogP contribution in [-0.2, 0) is 4.74 Å². The average molecular weight is 200 g/mol. The van der Waals surface area contributed by atoms with Gasteiger partial charge in [-0.15, -0.1) is 0 Å². The molecule has 1 aliphatic rings. The third-order valence-corrected chi connectivity index (χ3v) is 2.69. The van der Waals surface area contributed by atoms with E-state index < -0.39 is 0 Å². The second kappa shape index (κ2) is 5.20. The molecule has 0 bridgehead atoms. The van der Waals surface area contributed by atoms with Crippen LogP contribution in [-0.4, -0.2) is 43.3 Å². The van der Waals surface area contributed by atoms with Crippen LogP contribution in [0.25, 0.3) is 0 Å². The minimum Gasteiger partial charge on any atom is -0.453 e. The smallest absolute Gasteiger partial charge is 0.407 e. The number of methoxy groups -OCH3 is 1. The first-order valence-corrected chi connectivity index (χ1v) is 5.22. The molecule has 82 valence electrons. The first-order valence-electron chi connectivity index (χ1n) is 5.22. The summed E-state index contributed by atoms with van der Waals surface area (Å²) in [4.78, 5) is 13.4. The van der Waals surface area contributed by atoms with Gasteiger partial charge in [0.05, 0.1) is 7.11 Å². The third-order valence-electron chi connectivity index (χ3n) is 2.69. The Morgan fingerprint density at radius 2 is 2.29 bits per heavy atom. The second-order valence-electron chi connectivity index (χ2n) is 4.06. The fourth-order valence-corrected chi connectivity index (χ4v) is 1.82. The molecule has 1 saturated heterocycles. The molecule has 1 N–H and O–H groups in total. The number of rotatable bonds is 2. The number of piperidine rings is 1. The van der Waals surface area contributed by atoms with Crippen molar-refractivity contribution >= 4 is 6.09 Å². The molecule has 1 amide bonds. The summed E-state index contributed by atoms with van der Waals surface area (Å²) in [5, 5.41) is 2.85. The number of alkyl carbamates (subject to hydrolysis) is 1. The van der Waals surface area contributed by atoms with Crippen molar-refractivity contribution in [3.05, 3.63) is 0 Å². The van der Waals surface area contributed by atoms with Gasteiger partial charge in [0.15, 0.2) is 0 Å². The summed E-state index contributed by atoms with van der Waals surface area (Å²) in [6.07, 6.45) is 1.88. The van der Waals surface area contributed by atoms with Crippen molar-refractivity contribution in [2.45, 2.75) is 38.8 Å². The van der Waals surface area contributed by atoms with Crippen molar-refractivity contribution in [2.24, 2.45) is 0 Å². The number of amides is 1. The largest absolute Gasteiger partial charge is 0.453 e. The highest BCUT2D eigenvalue weighted by atomic mass is 16.5. The van der Waals surface area contributed by atoms with Crippen molar-refractivity contribution in [1.82, 2.24) is 10.2 Å². The SMILES string of the molecule is COC(=O)NC1CCCN(C(C)C)C1. The number of carbonyl (C=O) groups excluding carboxylic acids is 1. The molecule has 0 radical (unpaired) electrons. The molecule has 0 spiro atoms. The zero-order chi connectivity index (χ0) is 10.6. The van der Waals surface area contributed by atoms with Crippen molar-refractivity contribution in [3.8, 4) is 0 Å². The van der Waals surface area contributed by atoms with Gasteiger partial charge < -0.3 is 10.1 Å². The summed E-state index contributed by atoms with van der Waals surface area (Å²) in [7, 11) is 1.40. The summed E-state index contributed by atoms with van der Waals surface area (Å²) < 4.78 is 4.58. The minimum absolute atomic E-state index is 0.249. The van der Waals surface area contributed by atoms with Crippen molar-refractivity contribution < 1.29 is 9.53 Å². The van der Waals surface area contributed by atoms with E-state index in [9.17, 15) is 4.79 Å². The van der Waals surface area contributed by atoms with Crippen LogP contribution in [0.5, 0.6) is 0 Å². The Morgan fingerprint density at radius 1 is 1.57 bits per heavy atom. The number of ether oxygens (including phenoxy) is 1. The van der Waals surface area contributed by atoms with Gasteiger partial charge in [0.25, 0.3) is 0 Å². The van der Waals surface area contributed by atoms with Crippen LogP contribution < -0.4 is 5.32 Å². The highest BCUT2D eigenvalue weighted by molar-refractivity contribution is 5.67. The predicted molar refractivity (Wildman–Crippen MR) is 55.3 cm³/mol. The molecule has 14 heavy (non-hydrogen) atoms. The van der Waals surface area contributed by atoms with E-state index >= 15 is 0 Å². The maximum atomic E-state index is 11.0. The Balaban J connectivity index is 2.36. The maximum absolute atomic E-state index is 11.0. The molecule has 4 nitrogen and oxygen atoms in total. The number of hydrogen-bond acceptors (Lipinski definition) is 3. The quantitative estimate of drug-likeness (QED) is 0.728. The summed E-state index contributed by atoms with van der Waals surface area (Å²) in [5.41, 5.74) is 0. The van der Waals surface area contributed by atoms with Gasteiger partial charge in [0, 0.05) is 18.6 Å². The molecule has 0 aliphatic carbocycles. The molecular formula is C10H20N2O2. The molecule has 0 aromatic rings. The lowest BCUT2D eigenvalue weighted by atomic mass is 10.0. The normalized spacial score (nSPS) is 23.6. The van der Waals surface area contributed by atoms with Gasteiger partial charge in [-0.1, -0.05) is 0 Å². The highest BCUT2D eigenvalue weighted by Crippen LogP contribution is 2.12. The van der Waals surface area contributed by atoms with Crippen molar-refractivity contribution in [1.29, 1.82) is 0 Å². The van der Waals surface area contributed by atoms with Gasteiger partial charge in [-0.2, -0.15) is 0 Å². The number of hydrogen-bond donors (Lipinski definition) is 1. The molecular weight excluding hydrogens is 180 g/mol. The van der Waals surface area contributed by atoms with Crippen LogP contribution in [0.15, 0.2) is 0 Å². The lowest BCUT2D eigenvalue weighted by molar-refractivity contribution is 0.134. The summed E-state index contributed by atoms with van der Waals surface area (Å²) in [6.45, 7) is 6.44. The van der Waals surface area contributed by atoms with Gasteiger partial charge in [-0.3, -0.25) is 4.90 Å². The lowest BCUT2D eigenvalue weighted by Crippen LogP contribution is -2.49. The van der Waals surface area contributed by atoms with E-state index in [2.05, 4.69) is 28.8 Å². The summed E-state index contributed by atoms with van der Waals surface area (Å²) >= 11 is 0. The molecule has 0 aromatic heterocycles. The van der Waals surface area contributed by atoms with E-state index in [0.29, 0.717) is 6.04 Å². The van der Waals surface area contributed by atoms with Gasteiger partial charge in [0.1, 0.15) is 0 Å². The van der Waals surface area contributed by atoms with Crippen LogP contribution in [0, 0.1) is 0 Å². The highest BCUT2D eigenvalue weighted by Gasteiger charge is 2.22. The molecule has 1 heterocycles. The van der Waals surface area contributed by atoms with E-state index in [4.69, 9.17) is 0 Å². The van der Waals surface area contributed by atoms with Crippen LogP contribution in [0.4, 0.5) is 4.79 Å². The van der Waals surface area contributed by atoms with Crippen molar-refractivity contribution in [2.75, 3.05) is 20.2 Å². The standard InChI is InChI=1S/C10H20N2O2/c1-8(2)12-6-4-5-9(7-12)11-10(13)14-3/h8-9H,4-7H2,1-3H3,(H,11,13). The molecule has 1 aliphatic heterocycles. The second-order valence-corrected chi connectivity index (χ2v) is 4.06. The minimum atomic E-state index is -0.319. The fourth-order valence-electron chi connectivity index (χ4n) is 1.82. The predicted octanol–water partition coefficient (Wildman–Crippen LogP) is 1.22. The van der Waals surface area contributed by atoms with E-state index in [1.54, 1.807) is 0 Å². The molecule has 0 aromatic carbocycles. The number of nitrogens with zero attached hydrogens (tertiary/aromatic N) is 1. The Hall–Kier alpha value is -0.770. The zero-order valence-corrected chi connectivity index (χ0v) is 9.25. The molecule has 1 fully saturated rings. The number of nitrogens with one attached hydrogen (secondary N) is 1. The Kier molecular flexibility index (Phi) is 4.20. The van der Waals surface area contributed by atoms with Gasteiger partial charge in [-0.05, 0) is 33.2 Å². The fraction of sp³-hybridized carbons (Fsp3) is 0.900. The maximum Gasteiger partial charge on any atom is 0.407 e. The molecule has 1 atom stereocenters. The van der Waals surface area contributed by atoms with E-state index in [0.717, 1.165) is 25.9 Å². The molecule has 4 heteroatoms. The Labute approximate surface area is 85.6 Å². The van der Waals surface area contributed by atoms with Gasteiger partial charge in [0.2, 0.25) is 0 Å². The summed E-state index contributed by atoms with van der Waals surface area (Å²) in [6, 6.07) is 0.802. The first-order chi connectivity index (χ1) is 6.63. The third kappa shape index (κ3) is 3.18.